The fourth-order valence-electron chi connectivity index (χ4n) is 2.34. The Morgan fingerprint density at radius 2 is 2.04 bits per heavy atom. The van der Waals surface area contributed by atoms with Crippen molar-refractivity contribution in [2.24, 2.45) is 10.3 Å². The standard InChI is InChI=1S/C16H14BrN5O3S/c1-11-3-5-13(20-23)7-15(11)26(24,25)21(2)19-9-14-8-18-16-6-4-12(17)10-22(14)16/h3-10H,1-2H3/b19-9+. The van der Waals surface area contributed by atoms with E-state index in [9.17, 15) is 13.3 Å². The maximum absolute atomic E-state index is 12.7. The molecule has 0 aliphatic heterocycles. The lowest BCUT2D eigenvalue weighted by Crippen LogP contribution is -2.22. The number of hydrazone groups is 1. The van der Waals surface area contributed by atoms with Crippen LogP contribution >= 0.6 is 15.9 Å². The quantitative estimate of drug-likeness (QED) is 0.348. The molecule has 0 saturated heterocycles. The number of aryl methyl sites for hydroxylation is 1. The van der Waals surface area contributed by atoms with Gasteiger partial charge in [0.25, 0.3) is 10.0 Å². The number of pyridine rings is 1. The zero-order valence-electron chi connectivity index (χ0n) is 13.9. The van der Waals surface area contributed by atoms with Crippen LogP contribution in [-0.2, 0) is 10.0 Å². The van der Waals surface area contributed by atoms with Crippen LogP contribution in [0.2, 0.25) is 0 Å². The topological polar surface area (TPSA) is 96.5 Å². The summed E-state index contributed by atoms with van der Waals surface area (Å²) in [5.74, 6) is 0. The van der Waals surface area contributed by atoms with Crippen molar-refractivity contribution in [2.45, 2.75) is 11.8 Å². The molecule has 10 heteroatoms. The zero-order valence-corrected chi connectivity index (χ0v) is 16.3. The summed E-state index contributed by atoms with van der Waals surface area (Å²) in [7, 11) is -2.59. The van der Waals surface area contributed by atoms with E-state index in [2.05, 4.69) is 31.2 Å². The van der Waals surface area contributed by atoms with E-state index >= 15 is 0 Å². The molecule has 0 bridgehead atoms. The van der Waals surface area contributed by atoms with E-state index in [1.807, 2.05) is 18.3 Å². The van der Waals surface area contributed by atoms with Gasteiger partial charge in [0.05, 0.1) is 23.0 Å². The van der Waals surface area contributed by atoms with Crippen molar-refractivity contribution >= 4 is 43.5 Å². The first kappa shape index (κ1) is 18.2. The number of fused-ring (bicyclic) bond motifs is 1. The monoisotopic (exact) mass is 435 g/mol. The lowest BCUT2D eigenvalue weighted by Gasteiger charge is -2.15. The van der Waals surface area contributed by atoms with Crippen LogP contribution in [-0.4, -0.2) is 35.5 Å². The summed E-state index contributed by atoms with van der Waals surface area (Å²) in [6, 6.07) is 7.90. The lowest BCUT2D eigenvalue weighted by molar-refractivity contribution is 0.490. The second-order valence-corrected chi connectivity index (χ2v) is 8.32. The Bertz CT molecular complexity index is 1120. The van der Waals surface area contributed by atoms with Crippen LogP contribution < -0.4 is 0 Å². The summed E-state index contributed by atoms with van der Waals surface area (Å²) in [5.41, 5.74) is 1.86. The molecule has 0 spiro atoms. The van der Waals surface area contributed by atoms with E-state index in [0.29, 0.717) is 16.9 Å². The Labute approximate surface area is 158 Å². The Hall–Kier alpha value is -2.59. The molecule has 134 valence electrons. The van der Waals surface area contributed by atoms with Gasteiger partial charge in [0.15, 0.2) is 0 Å². The smallest absolute Gasteiger partial charge is 0.279 e. The maximum Gasteiger partial charge on any atom is 0.279 e. The van der Waals surface area contributed by atoms with Gasteiger partial charge in [-0.05, 0) is 57.9 Å². The molecule has 2 heterocycles. The lowest BCUT2D eigenvalue weighted by atomic mass is 10.2. The number of hydrogen-bond acceptors (Lipinski definition) is 6. The van der Waals surface area contributed by atoms with Crippen molar-refractivity contribution in [3.8, 4) is 0 Å². The predicted molar refractivity (Wildman–Crippen MR) is 102 cm³/mol. The van der Waals surface area contributed by atoms with Crippen molar-refractivity contribution in [2.75, 3.05) is 7.05 Å². The fraction of sp³-hybridized carbons (Fsp3) is 0.125. The van der Waals surface area contributed by atoms with Crippen LogP contribution in [0.3, 0.4) is 0 Å². The van der Waals surface area contributed by atoms with Crippen molar-refractivity contribution in [3.63, 3.8) is 0 Å². The number of imidazole rings is 1. The normalized spacial score (nSPS) is 12.0. The Morgan fingerprint density at radius 3 is 2.77 bits per heavy atom. The van der Waals surface area contributed by atoms with Gasteiger partial charge in [0.2, 0.25) is 0 Å². The molecule has 0 aliphatic rings. The molecule has 0 radical (unpaired) electrons. The Kier molecular flexibility index (Phi) is 4.88. The molecular formula is C16H14BrN5O3S. The number of hydrogen-bond donors (Lipinski definition) is 0. The number of sulfonamides is 1. The highest BCUT2D eigenvalue weighted by molar-refractivity contribution is 9.10. The van der Waals surface area contributed by atoms with Crippen LogP contribution in [0.15, 0.2) is 62.4 Å². The molecule has 0 amide bonds. The van der Waals surface area contributed by atoms with Gasteiger partial charge in [-0.1, -0.05) is 6.07 Å². The third-order valence-electron chi connectivity index (χ3n) is 3.75. The number of aromatic nitrogens is 2. The third-order valence-corrected chi connectivity index (χ3v) is 6.01. The average molecular weight is 436 g/mol. The highest BCUT2D eigenvalue weighted by Gasteiger charge is 2.22. The van der Waals surface area contributed by atoms with Gasteiger partial charge in [0, 0.05) is 17.7 Å². The number of nitroso groups, excluding NO2 is 1. The second-order valence-electron chi connectivity index (χ2n) is 5.48. The molecule has 0 unspecified atom stereocenters. The van der Waals surface area contributed by atoms with Gasteiger partial charge in [0.1, 0.15) is 11.3 Å². The summed E-state index contributed by atoms with van der Waals surface area (Å²) in [6.07, 6.45) is 4.80. The first-order chi connectivity index (χ1) is 12.3. The minimum atomic E-state index is -3.92. The molecular weight excluding hydrogens is 422 g/mol. The Balaban J connectivity index is 1.95. The molecule has 3 aromatic rings. The molecule has 0 saturated carbocycles. The van der Waals surface area contributed by atoms with E-state index in [-0.39, 0.29) is 10.6 Å². The van der Waals surface area contributed by atoms with E-state index in [1.165, 1.54) is 31.5 Å². The second kappa shape index (κ2) is 6.96. The van der Waals surface area contributed by atoms with E-state index in [0.717, 1.165) is 8.89 Å². The van der Waals surface area contributed by atoms with Gasteiger partial charge in [-0.2, -0.15) is 17.9 Å². The molecule has 0 atom stereocenters. The van der Waals surface area contributed by atoms with E-state index < -0.39 is 10.0 Å². The molecule has 26 heavy (non-hydrogen) atoms. The summed E-state index contributed by atoms with van der Waals surface area (Å²) < 4.78 is 29.0. The van der Waals surface area contributed by atoms with E-state index in [1.54, 1.807) is 17.5 Å². The van der Waals surface area contributed by atoms with Crippen molar-refractivity contribution < 1.29 is 8.42 Å². The molecule has 3 rings (SSSR count). The third kappa shape index (κ3) is 3.37. The number of rotatable bonds is 5. The molecule has 8 nitrogen and oxygen atoms in total. The maximum atomic E-state index is 12.7. The van der Waals surface area contributed by atoms with Gasteiger partial charge < -0.3 is 0 Å². The number of halogens is 1. The van der Waals surface area contributed by atoms with Crippen LogP contribution in [0.1, 0.15) is 11.3 Å². The summed E-state index contributed by atoms with van der Waals surface area (Å²) in [4.78, 5) is 14.9. The van der Waals surface area contributed by atoms with Crippen molar-refractivity contribution in [1.82, 2.24) is 13.8 Å². The number of benzene rings is 1. The summed E-state index contributed by atoms with van der Waals surface area (Å²) >= 11 is 3.38. The molecule has 0 N–H and O–H groups in total. The van der Waals surface area contributed by atoms with Gasteiger partial charge in [-0.3, -0.25) is 4.40 Å². The minimum absolute atomic E-state index is 0.0184. The summed E-state index contributed by atoms with van der Waals surface area (Å²) in [5, 5.41) is 6.81. The average Bonchev–Trinajstić information content (AvgIpc) is 3.02. The van der Waals surface area contributed by atoms with Crippen molar-refractivity contribution in [3.05, 3.63) is 63.4 Å². The first-order valence-electron chi connectivity index (χ1n) is 7.42. The molecule has 0 fully saturated rings. The zero-order chi connectivity index (χ0) is 18.9. The summed E-state index contributed by atoms with van der Waals surface area (Å²) in [6.45, 7) is 1.64. The fourth-order valence-corrected chi connectivity index (χ4v) is 3.87. The molecule has 0 aliphatic carbocycles. The van der Waals surface area contributed by atoms with Crippen LogP contribution in [0.25, 0.3) is 5.65 Å². The van der Waals surface area contributed by atoms with Crippen LogP contribution in [0.5, 0.6) is 0 Å². The first-order valence-corrected chi connectivity index (χ1v) is 9.66. The highest BCUT2D eigenvalue weighted by Crippen LogP contribution is 2.24. The largest absolute Gasteiger partial charge is 0.298 e. The van der Waals surface area contributed by atoms with Gasteiger partial charge in [-0.15, -0.1) is 4.91 Å². The predicted octanol–water partition coefficient (Wildman–Crippen LogP) is 3.46. The molecule has 2 aromatic heterocycles. The minimum Gasteiger partial charge on any atom is -0.298 e. The Morgan fingerprint density at radius 1 is 1.27 bits per heavy atom. The number of nitrogens with zero attached hydrogens (tertiary/aromatic N) is 5. The SMILES string of the molecule is Cc1ccc(N=O)cc1S(=O)(=O)N(C)/N=C/c1cnc2ccc(Br)cn12. The van der Waals surface area contributed by atoms with Crippen molar-refractivity contribution in [1.29, 1.82) is 0 Å². The van der Waals surface area contributed by atoms with Crippen LogP contribution in [0, 0.1) is 11.8 Å². The van der Waals surface area contributed by atoms with Gasteiger partial charge in [-0.25, -0.2) is 4.98 Å². The van der Waals surface area contributed by atoms with Gasteiger partial charge >= 0.3 is 0 Å². The van der Waals surface area contributed by atoms with E-state index in [4.69, 9.17) is 0 Å². The highest BCUT2D eigenvalue weighted by atomic mass is 79.9. The van der Waals surface area contributed by atoms with Crippen LogP contribution in [0.4, 0.5) is 5.69 Å². The molecule has 1 aromatic carbocycles.